The van der Waals surface area contributed by atoms with E-state index in [-0.39, 0.29) is 18.4 Å². The molecule has 3 aliphatic rings. The molecule has 2 saturated heterocycles. The third-order valence-electron chi connectivity index (χ3n) is 6.46. The summed E-state index contributed by atoms with van der Waals surface area (Å²) in [5.74, 6) is 1.17. The van der Waals surface area contributed by atoms with Crippen LogP contribution in [-0.2, 0) is 9.59 Å². The van der Waals surface area contributed by atoms with Gasteiger partial charge in [0.2, 0.25) is 12.0 Å². The molecule has 0 aromatic heterocycles. The van der Waals surface area contributed by atoms with E-state index in [1.165, 1.54) is 18.5 Å². The number of amides is 2. The lowest BCUT2D eigenvalue weighted by Gasteiger charge is -2.36. The van der Waals surface area contributed by atoms with Gasteiger partial charge >= 0.3 is 0 Å². The number of nitrogens with one attached hydrogen (secondary N) is 1. The summed E-state index contributed by atoms with van der Waals surface area (Å²) < 4.78 is 11.5. The van der Waals surface area contributed by atoms with Crippen molar-refractivity contribution in [2.75, 3.05) is 62.6 Å². The van der Waals surface area contributed by atoms with Crippen LogP contribution in [0, 0.1) is 0 Å². The van der Waals surface area contributed by atoms with Crippen LogP contribution in [-0.4, -0.2) is 80.1 Å². The minimum atomic E-state index is -0.627. The van der Waals surface area contributed by atoms with Crippen LogP contribution in [0.3, 0.4) is 0 Å². The van der Waals surface area contributed by atoms with Crippen molar-refractivity contribution in [2.24, 2.45) is 0 Å². The number of piperazine rings is 1. The molecule has 5 rings (SSSR count). The van der Waals surface area contributed by atoms with Crippen LogP contribution in [0.5, 0.6) is 11.5 Å². The lowest BCUT2D eigenvalue weighted by atomic mass is 10.2. The van der Waals surface area contributed by atoms with E-state index in [0.717, 1.165) is 18.8 Å². The van der Waals surface area contributed by atoms with Crippen molar-refractivity contribution in [2.45, 2.75) is 18.9 Å². The van der Waals surface area contributed by atoms with Gasteiger partial charge in [0.1, 0.15) is 6.61 Å². The Morgan fingerprint density at radius 3 is 2.30 bits per heavy atom. The Hall–Kier alpha value is -3.26. The van der Waals surface area contributed by atoms with Crippen molar-refractivity contribution in [1.82, 2.24) is 9.80 Å². The Morgan fingerprint density at radius 1 is 0.879 bits per heavy atom. The van der Waals surface area contributed by atoms with Crippen molar-refractivity contribution in [3.63, 3.8) is 0 Å². The monoisotopic (exact) mass is 450 g/mol. The van der Waals surface area contributed by atoms with E-state index >= 15 is 0 Å². The van der Waals surface area contributed by atoms with Crippen LogP contribution in [0.4, 0.5) is 11.4 Å². The van der Waals surface area contributed by atoms with E-state index in [1.807, 2.05) is 36.4 Å². The van der Waals surface area contributed by atoms with Gasteiger partial charge in [0.05, 0.1) is 6.54 Å². The average molecular weight is 451 g/mol. The fraction of sp³-hybridized carbons (Fsp3) is 0.440. The number of anilines is 2. The van der Waals surface area contributed by atoms with Crippen molar-refractivity contribution in [1.29, 1.82) is 0 Å². The number of hydrogen-bond acceptors (Lipinski definition) is 6. The van der Waals surface area contributed by atoms with E-state index < -0.39 is 6.10 Å². The van der Waals surface area contributed by atoms with Crippen molar-refractivity contribution < 1.29 is 19.1 Å². The summed E-state index contributed by atoms with van der Waals surface area (Å²) in [7, 11) is 0. The molecular formula is C25H30N4O4. The molecule has 1 unspecified atom stereocenters. The first kappa shape index (κ1) is 21.6. The summed E-state index contributed by atoms with van der Waals surface area (Å²) in [6, 6.07) is 15.5. The summed E-state index contributed by atoms with van der Waals surface area (Å²) in [4.78, 5) is 31.6. The van der Waals surface area contributed by atoms with Gasteiger partial charge < -0.3 is 24.6 Å². The number of hydrogen-bond donors (Lipinski definition) is 1. The summed E-state index contributed by atoms with van der Waals surface area (Å²) in [6.45, 7) is 5.17. The molecule has 3 heterocycles. The van der Waals surface area contributed by atoms with E-state index in [9.17, 15) is 9.59 Å². The standard InChI is InChI=1S/C25H30N4O4/c30-24(26-19-7-9-20(10-8-19)28-11-3-4-12-28)17-27-13-15-29(16-14-27)25(31)23-18-32-21-5-1-2-6-22(21)33-23/h1-2,5-10,23H,3-4,11-18H2,(H,26,30). The topological polar surface area (TPSA) is 74.4 Å². The number of carbonyl (C=O) groups excluding carboxylic acids is 2. The normalized spacial score (nSPS) is 20.5. The first-order valence-corrected chi connectivity index (χ1v) is 11.7. The summed E-state index contributed by atoms with van der Waals surface area (Å²) in [6.07, 6.45) is 1.86. The van der Waals surface area contributed by atoms with Crippen LogP contribution in [0.15, 0.2) is 48.5 Å². The summed E-state index contributed by atoms with van der Waals surface area (Å²) >= 11 is 0. The van der Waals surface area contributed by atoms with Gasteiger partial charge in [0, 0.05) is 50.6 Å². The highest BCUT2D eigenvalue weighted by Gasteiger charge is 2.32. The second kappa shape index (κ2) is 9.70. The Morgan fingerprint density at radius 2 is 1.58 bits per heavy atom. The third-order valence-corrected chi connectivity index (χ3v) is 6.46. The molecule has 2 amide bonds. The van der Waals surface area contributed by atoms with Gasteiger partial charge in [0.15, 0.2) is 11.5 Å². The number of nitrogens with zero attached hydrogens (tertiary/aromatic N) is 3. The van der Waals surface area contributed by atoms with Crippen LogP contribution in [0.25, 0.3) is 0 Å². The van der Waals surface area contributed by atoms with Crippen molar-refractivity contribution in [3.05, 3.63) is 48.5 Å². The van der Waals surface area contributed by atoms with Crippen molar-refractivity contribution >= 4 is 23.2 Å². The van der Waals surface area contributed by atoms with Gasteiger partial charge in [-0.05, 0) is 49.2 Å². The van der Waals surface area contributed by atoms with E-state index in [0.29, 0.717) is 44.2 Å². The Bertz CT molecular complexity index is 982. The zero-order chi connectivity index (χ0) is 22.6. The minimum absolute atomic E-state index is 0.0377. The fourth-order valence-electron chi connectivity index (χ4n) is 4.61. The first-order chi connectivity index (χ1) is 16.2. The maximum absolute atomic E-state index is 12.9. The van der Waals surface area contributed by atoms with Crippen molar-refractivity contribution in [3.8, 4) is 11.5 Å². The predicted molar refractivity (Wildman–Crippen MR) is 126 cm³/mol. The molecule has 2 aromatic carbocycles. The van der Waals surface area contributed by atoms with Crippen LogP contribution < -0.4 is 19.7 Å². The van der Waals surface area contributed by atoms with E-state index in [1.54, 1.807) is 4.90 Å². The number of benzene rings is 2. The van der Waals surface area contributed by atoms with Gasteiger partial charge in [-0.2, -0.15) is 0 Å². The molecule has 3 aliphatic heterocycles. The molecule has 2 aromatic rings. The summed E-state index contributed by atoms with van der Waals surface area (Å²) in [5, 5.41) is 2.99. The molecule has 0 radical (unpaired) electrons. The third kappa shape index (κ3) is 5.06. The molecule has 0 saturated carbocycles. The number of carbonyl (C=O) groups is 2. The molecule has 33 heavy (non-hydrogen) atoms. The van der Waals surface area contributed by atoms with Gasteiger partial charge in [-0.3, -0.25) is 14.5 Å². The maximum atomic E-state index is 12.9. The molecular weight excluding hydrogens is 420 g/mol. The quantitative estimate of drug-likeness (QED) is 0.753. The number of para-hydroxylation sites is 2. The molecule has 1 N–H and O–H groups in total. The Kier molecular flexibility index (Phi) is 6.35. The molecule has 1 atom stereocenters. The van der Waals surface area contributed by atoms with E-state index in [2.05, 4.69) is 27.2 Å². The Balaban J connectivity index is 1.07. The highest BCUT2D eigenvalue weighted by atomic mass is 16.6. The second-order valence-electron chi connectivity index (χ2n) is 8.75. The number of fused-ring (bicyclic) bond motifs is 1. The average Bonchev–Trinajstić information content (AvgIpc) is 3.39. The molecule has 0 bridgehead atoms. The summed E-state index contributed by atoms with van der Waals surface area (Å²) in [5.41, 5.74) is 2.02. The lowest BCUT2D eigenvalue weighted by Crippen LogP contribution is -2.54. The van der Waals surface area contributed by atoms with Crippen LogP contribution in [0.2, 0.25) is 0 Å². The Labute approximate surface area is 194 Å². The zero-order valence-electron chi connectivity index (χ0n) is 18.7. The SMILES string of the molecule is O=C(CN1CCN(C(=O)C2COc3ccccc3O2)CC1)Nc1ccc(N2CCCC2)cc1. The number of rotatable bonds is 5. The fourth-order valence-corrected chi connectivity index (χ4v) is 4.61. The minimum Gasteiger partial charge on any atom is -0.485 e. The number of ether oxygens (including phenoxy) is 2. The molecule has 2 fully saturated rings. The van der Waals surface area contributed by atoms with Gasteiger partial charge in [-0.15, -0.1) is 0 Å². The maximum Gasteiger partial charge on any atom is 0.267 e. The van der Waals surface area contributed by atoms with Crippen LogP contribution >= 0.6 is 0 Å². The van der Waals surface area contributed by atoms with Gasteiger partial charge in [-0.25, -0.2) is 0 Å². The largest absolute Gasteiger partial charge is 0.485 e. The second-order valence-corrected chi connectivity index (χ2v) is 8.75. The molecule has 0 spiro atoms. The van der Waals surface area contributed by atoms with E-state index in [4.69, 9.17) is 9.47 Å². The van der Waals surface area contributed by atoms with Gasteiger partial charge in [0.25, 0.3) is 5.91 Å². The highest BCUT2D eigenvalue weighted by Crippen LogP contribution is 2.31. The predicted octanol–water partition coefficient (Wildman–Crippen LogP) is 2.21. The zero-order valence-corrected chi connectivity index (χ0v) is 18.7. The smallest absolute Gasteiger partial charge is 0.267 e. The van der Waals surface area contributed by atoms with Gasteiger partial charge in [-0.1, -0.05) is 12.1 Å². The molecule has 8 nitrogen and oxygen atoms in total. The lowest BCUT2D eigenvalue weighted by molar-refractivity contribution is -0.143. The molecule has 0 aliphatic carbocycles. The molecule has 8 heteroatoms. The van der Waals surface area contributed by atoms with Crippen LogP contribution in [0.1, 0.15) is 12.8 Å². The molecule has 174 valence electrons. The highest BCUT2D eigenvalue weighted by molar-refractivity contribution is 5.92. The first-order valence-electron chi connectivity index (χ1n) is 11.7.